The van der Waals surface area contributed by atoms with Crippen molar-refractivity contribution in [2.75, 3.05) is 38.0 Å². The average molecular weight is 709 g/mol. The molecule has 0 spiro atoms. The summed E-state index contributed by atoms with van der Waals surface area (Å²) in [5.74, 6) is 1.63. The summed E-state index contributed by atoms with van der Waals surface area (Å²) in [5, 5.41) is 38.2. The Balaban J connectivity index is 1.54. The summed E-state index contributed by atoms with van der Waals surface area (Å²) in [6.07, 6.45) is 7.27. The number of hydrogen-bond acceptors (Lipinski definition) is 9. The molecule has 0 aliphatic heterocycles. The molecule has 6 rings (SSSR count). The topological polar surface area (TPSA) is 155 Å². The minimum absolute atomic E-state index is 0.0610. The van der Waals surface area contributed by atoms with Gasteiger partial charge in [-0.1, -0.05) is 36.4 Å². The van der Waals surface area contributed by atoms with E-state index in [1.54, 1.807) is 35.4 Å². The molecule has 0 saturated heterocycles. The molecule has 0 unspecified atom stereocenters. The number of imidazole rings is 3. The van der Waals surface area contributed by atoms with E-state index in [0.29, 0.717) is 11.6 Å². The van der Waals surface area contributed by atoms with E-state index in [0.717, 1.165) is 56.4 Å². The number of rotatable bonds is 9. The Bertz CT molecular complexity index is 2510. The Kier molecular flexibility index (Phi) is 9.97. The van der Waals surface area contributed by atoms with Gasteiger partial charge in [0.1, 0.15) is 41.8 Å². The summed E-state index contributed by atoms with van der Waals surface area (Å²) in [6, 6.07) is 30.8. The zero-order chi connectivity index (χ0) is 38.7. The Labute approximate surface area is 314 Å². The van der Waals surface area contributed by atoms with Gasteiger partial charge in [0.2, 0.25) is 0 Å². The van der Waals surface area contributed by atoms with E-state index in [9.17, 15) is 21.0 Å². The maximum absolute atomic E-state index is 9.59. The van der Waals surface area contributed by atoms with Crippen LogP contribution in [0.25, 0.3) is 58.2 Å². The SMILES string of the molecule is CN(C)c1ccc(-c2nc(-c3cc(/C=C/c4nc(C#N)c(C#N)n4C)cc(/C=C/c4nc(C#N)c(C#N)n4C)c3)n(C)c2-c2ccc(N(C)C)cc2)cc1. The second-order valence-electron chi connectivity index (χ2n) is 13.0. The maximum atomic E-state index is 9.59. The molecule has 3 aromatic carbocycles. The minimum atomic E-state index is 0.0610. The molecule has 0 aliphatic rings. The zero-order valence-electron chi connectivity index (χ0n) is 31.0. The van der Waals surface area contributed by atoms with Gasteiger partial charge in [0.25, 0.3) is 0 Å². The van der Waals surface area contributed by atoms with Crippen LogP contribution in [0.4, 0.5) is 11.4 Å². The molecule has 0 aliphatic carbocycles. The quantitative estimate of drug-likeness (QED) is 0.157. The van der Waals surface area contributed by atoms with Crippen molar-refractivity contribution in [3.8, 4) is 58.2 Å². The zero-order valence-corrected chi connectivity index (χ0v) is 31.0. The van der Waals surface area contributed by atoms with Gasteiger partial charge < -0.3 is 23.5 Å². The van der Waals surface area contributed by atoms with Crippen LogP contribution in [-0.4, -0.2) is 56.8 Å². The fraction of sp³-hybridized carbons (Fsp3) is 0.167. The first kappa shape index (κ1) is 36.1. The summed E-state index contributed by atoms with van der Waals surface area (Å²) >= 11 is 0. The Hall–Kier alpha value is -7.67. The van der Waals surface area contributed by atoms with E-state index >= 15 is 0 Å². The average Bonchev–Trinajstić information content (AvgIpc) is 3.81. The van der Waals surface area contributed by atoms with Gasteiger partial charge in [-0.05, 0) is 65.7 Å². The lowest BCUT2D eigenvalue weighted by Crippen LogP contribution is -2.08. The molecule has 264 valence electrons. The van der Waals surface area contributed by atoms with Gasteiger partial charge in [-0.2, -0.15) is 21.0 Å². The smallest absolute Gasteiger partial charge is 0.177 e. The molecule has 12 nitrogen and oxygen atoms in total. The first-order valence-electron chi connectivity index (χ1n) is 16.9. The minimum Gasteiger partial charge on any atom is -0.378 e. The highest BCUT2D eigenvalue weighted by Crippen LogP contribution is 2.37. The van der Waals surface area contributed by atoms with Gasteiger partial charge in [0.05, 0.1) is 11.4 Å². The van der Waals surface area contributed by atoms with Crippen LogP contribution in [0.2, 0.25) is 0 Å². The largest absolute Gasteiger partial charge is 0.378 e. The van der Waals surface area contributed by atoms with Crippen LogP contribution in [0.15, 0.2) is 66.7 Å². The third kappa shape index (κ3) is 6.84. The van der Waals surface area contributed by atoms with E-state index in [-0.39, 0.29) is 22.8 Å². The fourth-order valence-corrected chi connectivity index (χ4v) is 6.20. The van der Waals surface area contributed by atoms with Crippen molar-refractivity contribution in [2.24, 2.45) is 21.1 Å². The molecule has 0 saturated carbocycles. The molecule has 3 heterocycles. The van der Waals surface area contributed by atoms with Crippen molar-refractivity contribution in [2.45, 2.75) is 0 Å². The number of hydrogen-bond donors (Lipinski definition) is 0. The van der Waals surface area contributed by atoms with Crippen molar-refractivity contribution in [1.82, 2.24) is 28.7 Å². The predicted molar refractivity (Wildman–Crippen MR) is 211 cm³/mol. The van der Waals surface area contributed by atoms with Crippen LogP contribution in [-0.2, 0) is 21.1 Å². The number of anilines is 2. The lowest BCUT2D eigenvalue weighted by atomic mass is 10.0. The van der Waals surface area contributed by atoms with Crippen LogP contribution >= 0.6 is 0 Å². The van der Waals surface area contributed by atoms with Gasteiger partial charge in [-0.15, -0.1) is 0 Å². The van der Waals surface area contributed by atoms with Crippen molar-refractivity contribution in [3.63, 3.8) is 0 Å². The van der Waals surface area contributed by atoms with Crippen LogP contribution in [0.3, 0.4) is 0 Å². The highest BCUT2D eigenvalue weighted by molar-refractivity contribution is 5.85. The Morgan fingerprint density at radius 2 is 0.963 bits per heavy atom. The molecule has 3 aromatic heterocycles. The fourth-order valence-electron chi connectivity index (χ4n) is 6.20. The van der Waals surface area contributed by atoms with Crippen LogP contribution in [0, 0.1) is 45.3 Å². The van der Waals surface area contributed by atoms with Gasteiger partial charge in [0, 0.05) is 77.4 Å². The summed E-state index contributed by atoms with van der Waals surface area (Å²) in [5.41, 5.74) is 8.85. The van der Waals surface area contributed by atoms with E-state index in [2.05, 4.69) is 85.0 Å². The molecule has 0 fully saturated rings. The van der Waals surface area contributed by atoms with Crippen molar-refractivity contribution >= 4 is 35.7 Å². The lowest BCUT2D eigenvalue weighted by molar-refractivity contribution is 0.882. The molecule has 0 amide bonds. The van der Waals surface area contributed by atoms with Crippen LogP contribution in [0.5, 0.6) is 0 Å². The van der Waals surface area contributed by atoms with Crippen molar-refractivity contribution < 1.29 is 0 Å². The van der Waals surface area contributed by atoms with E-state index in [1.807, 2.05) is 77.7 Å². The molecule has 6 aromatic rings. The third-order valence-electron chi connectivity index (χ3n) is 9.18. The third-order valence-corrected chi connectivity index (χ3v) is 9.18. The van der Waals surface area contributed by atoms with Crippen molar-refractivity contribution in [3.05, 3.63) is 112 Å². The van der Waals surface area contributed by atoms with E-state index in [1.165, 1.54) is 0 Å². The second kappa shape index (κ2) is 14.9. The summed E-state index contributed by atoms with van der Waals surface area (Å²) in [7, 11) is 13.4. The highest BCUT2D eigenvalue weighted by Gasteiger charge is 2.21. The molecular weight excluding hydrogens is 673 g/mol. The molecule has 0 radical (unpaired) electrons. The first-order chi connectivity index (χ1) is 26.0. The van der Waals surface area contributed by atoms with E-state index in [4.69, 9.17) is 4.98 Å². The van der Waals surface area contributed by atoms with Gasteiger partial charge in [-0.3, -0.25) is 0 Å². The van der Waals surface area contributed by atoms with Crippen molar-refractivity contribution in [1.29, 1.82) is 21.0 Å². The number of benzene rings is 3. The molecule has 0 atom stereocenters. The highest BCUT2D eigenvalue weighted by atomic mass is 15.1. The molecule has 0 N–H and O–H groups in total. The molecular formula is C42H36N12. The number of nitrogens with zero attached hydrogens (tertiary/aromatic N) is 12. The summed E-state index contributed by atoms with van der Waals surface area (Å²) in [4.78, 5) is 18.1. The first-order valence-corrected chi connectivity index (χ1v) is 16.9. The number of aromatic nitrogens is 6. The maximum Gasteiger partial charge on any atom is 0.177 e. The van der Waals surface area contributed by atoms with Gasteiger partial charge in [-0.25, -0.2) is 15.0 Å². The standard InChI is InChI=1S/C42H36N12/c1-50(2)32-14-10-29(11-15-32)40-41(30-12-16-33(17-13-30)51(3)4)54(7)42(49-40)31-21-27(8-18-38-47-34(23-43)36(25-45)52(38)5)20-28(22-31)9-19-39-48-35(24-44)37(26-46)53(39)6/h8-22H,1-7H3/b18-8+,19-9+. The number of nitriles is 4. The second-order valence-corrected chi connectivity index (χ2v) is 13.0. The predicted octanol–water partition coefficient (Wildman–Crippen LogP) is 6.85. The molecule has 0 bridgehead atoms. The summed E-state index contributed by atoms with van der Waals surface area (Å²) in [6.45, 7) is 0. The van der Waals surface area contributed by atoms with Crippen LogP contribution < -0.4 is 9.80 Å². The normalized spacial score (nSPS) is 11.0. The monoisotopic (exact) mass is 708 g/mol. The molecule has 54 heavy (non-hydrogen) atoms. The summed E-state index contributed by atoms with van der Waals surface area (Å²) < 4.78 is 5.27. The van der Waals surface area contributed by atoms with Crippen LogP contribution in [0.1, 0.15) is 45.6 Å². The Morgan fingerprint density at radius 3 is 1.35 bits per heavy atom. The Morgan fingerprint density at radius 1 is 0.519 bits per heavy atom. The molecule has 12 heteroatoms. The van der Waals surface area contributed by atoms with Gasteiger partial charge in [0.15, 0.2) is 22.8 Å². The van der Waals surface area contributed by atoms with Gasteiger partial charge >= 0.3 is 0 Å². The lowest BCUT2D eigenvalue weighted by Gasteiger charge is -2.14. The van der Waals surface area contributed by atoms with E-state index < -0.39 is 0 Å².